The predicted octanol–water partition coefficient (Wildman–Crippen LogP) is 4.63. The van der Waals surface area contributed by atoms with E-state index in [0.29, 0.717) is 57.3 Å². The molecule has 0 bridgehead atoms. The van der Waals surface area contributed by atoms with Gasteiger partial charge >= 0.3 is 0 Å². The second-order valence-corrected chi connectivity index (χ2v) is 7.89. The van der Waals surface area contributed by atoms with Crippen molar-refractivity contribution in [3.05, 3.63) is 62.0 Å². The number of aromatic nitrogens is 1. The highest BCUT2D eigenvalue weighted by Gasteiger charge is 2.18. The topological polar surface area (TPSA) is 104 Å². The minimum absolute atomic E-state index is 0.0292. The summed E-state index contributed by atoms with van der Waals surface area (Å²) < 4.78 is 11.0. The third-order valence-electron chi connectivity index (χ3n) is 4.47. The number of carbonyl (C=O) groups excluding carboxylic acids is 1. The second-order valence-electron chi connectivity index (χ2n) is 6.62. The number of nitrogens with zero attached hydrogens (tertiary/aromatic N) is 2. The quantitative estimate of drug-likeness (QED) is 0.453. The Hall–Kier alpha value is -3.17. The molecule has 8 nitrogen and oxygen atoms in total. The molecule has 0 radical (unpaired) electrons. The molecular formula is C20H16ClN3O5S. The molecule has 3 aromatic rings. The van der Waals surface area contributed by atoms with Gasteiger partial charge in [-0.15, -0.1) is 11.3 Å². The van der Waals surface area contributed by atoms with Crippen molar-refractivity contribution in [3.8, 4) is 22.8 Å². The monoisotopic (exact) mass is 445 g/mol. The SMILES string of the molecule is Cc1ccc(-c2csc(NC(=O)Cc3cc(Cl)c4c(c3)OCCO4)n2)cc1[N+](=O)[O-]. The summed E-state index contributed by atoms with van der Waals surface area (Å²) >= 11 is 7.46. The number of hydrogen-bond acceptors (Lipinski definition) is 7. The van der Waals surface area contributed by atoms with Crippen molar-refractivity contribution in [2.75, 3.05) is 18.5 Å². The molecule has 1 aromatic heterocycles. The number of thiazole rings is 1. The highest BCUT2D eigenvalue weighted by molar-refractivity contribution is 7.14. The zero-order valence-corrected chi connectivity index (χ0v) is 17.4. The van der Waals surface area contributed by atoms with E-state index in [1.807, 2.05) is 0 Å². The number of halogens is 1. The summed E-state index contributed by atoms with van der Waals surface area (Å²) in [6.45, 7) is 2.54. The lowest BCUT2D eigenvalue weighted by molar-refractivity contribution is -0.385. The number of anilines is 1. The fraction of sp³-hybridized carbons (Fsp3) is 0.200. The first-order valence-electron chi connectivity index (χ1n) is 8.99. The molecular weight excluding hydrogens is 430 g/mol. The van der Waals surface area contributed by atoms with Crippen LogP contribution in [0.4, 0.5) is 10.8 Å². The maximum absolute atomic E-state index is 12.4. The van der Waals surface area contributed by atoms with Crippen molar-refractivity contribution in [1.82, 2.24) is 4.98 Å². The van der Waals surface area contributed by atoms with Crippen molar-refractivity contribution >= 4 is 39.7 Å². The standard InChI is InChI=1S/C20H16ClN3O5S/c1-11-2-3-13(9-16(11)24(26)27)15-10-30-20(22-15)23-18(25)8-12-6-14(21)19-17(7-12)28-4-5-29-19/h2-3,6-7,9-10H,4-5,8H2,1H3,(H,22,23,25). The Kier molecular flexibility index (Phi) is 5.56. The van der Waals surface area contributed by atoms with Gasteiger partial charge in [-0.3, -0.25) is 14.9 Å². The number of fused-ring (bicyclic) bond motifs is 1. The number of hydrogen-bond donors (Lipinski definition) is 1. The lowest BCUT2D eigenvalue weighted by atomic mass is 10.1. The molecule has 4 rings (SSSR count). The van der Waals surface area contributed by atoms with E-state index in [9.17, 15) is 14.9 Å². The van der Waals surface area contributed by atoms with E-state index in [2.05, 4.69) is 10.3 Å². The van der Waals surface area contributed by atoms with Gasteiger partial charge in [-0.1, -0.05) is 23.7 Å². The fourth-order valence-electron chi connectivity index (χ4n) is 3.04. The maximum atomic E-state index is 12.4. The van der Waals surface area contributed by atoms with Gasteiger partial charge in [-0.05, 0) is 24.6 Å². The Bertz CT molecular complexity index is 1150. The molecule has 154 valence electrons. The fourth-order valence-corrected chi connectivity index (χ4v) is 4.07. The molecule has 0 unspecified atom stereocenters. The summed E-state index contributed by atoms with van der Waals surface area (Å²) in [5.74, 6) is 0.747. The molecule has 0 saturated heterocycles. The minimum atomic E-state index is -0.424. The van der Waals surface area contributed by atoms with Crippen molar-refractivity contribution in [1.29, 1.82) is 0 Å². The molecule has 0 spiro atoms. The van der Waals surface area contributed by atoms with Crippen LogP contribution < -0.4 is 14.8 Å². The first-order valence-corrected chi connectivity index (χ1v) is 10.3. The number of carbonyl (C=O) groups is 1. The summed E-state index contributed by atoms with van der Waals surface area (Å²) in [6.07, 6.45) is 0.0846. The summed E-state index contributed by atoms with van der Waals surface area (Å²) in [4.78, 5) is 27.5. The third-order valence-corrected chi connectivity index (χ3v) is 5.51. The molecule has 1 amide bonds. The second kappa shape index (κ2) is 8.29. The molecule has 2 heterocycles. The lowest BCUT2D eigenvalue weighted by Gasteiger charge is -2.20. The minimum Gasteiger partial charge on any atom is -0.486 e. The first-order chi connectivity index (χ1) is 14.4. The van der Waals surface area contributed by atoms with Crippen LogP contribution in [0.1, 0.15) is 11.1 Å². The van der Waals surface area contributed by atoms with Crippen LogP contribution in [0, 0.1) is 17.0 Å². The van der Waals surface area contributed by atoms with Crippen LogP contribution in [0.25, 0.3) is 11.3 Å². The van der Waals surface area contributed by atoms with Gasteiger partial charge in [-0.2, -0.15) is 0 Å². The Labute approximate surface area is 180 Å². The normalized spacial score (nSPS) is 12.5. The highest BCUT2D eigenvalue weighted by atomic mass is 35.5. The summed E-state index contributed by atoms with van der Waals surface area (Å²) in [5, 5.41) is 16.4. The predicted molar refractivity (Wildman–Crippen MR) is 114 cm³/mol. The number of nitro benzene ring substituents is 1. The molecule has 1 aliphatic heterocycles. The average molecular weight is 446 g/mol. The van der Waals surface area contributed by atoms with Gasteiger partial charge < -0.3 is 14.8 Å². The van der Waals surface area contributed by atoms with Crippen LogP contribution in [0.3, 0.4) is 0 Å². The van der Waals surface area contributed by atoms with Crippen molar-refractivity contribution < 1.29 is 19.2 Å². The van der Waals surface area contributed by atoms with Crippen LogP contribution in [0.5, 0.6) is 11.5 Å². The number of amides is 1. The number of nitrogens with one attached hydrogen (secondary N) is 1. The van der Waals surface area contributed by atoms with E-state index in [1.165, 1.54) is 17.4 Å². The van der Waals surface area contributed by atoms with Crippen LogP contribution in [-0.4, -0.2) is 29.0 Å². The Morgan fingerprint density at radius 3 is 2.90 bits per heavy atom. The summed E-state index contributed by atoms with van der Waals surface area (Å²) in [5.41, 5.74) is 2.46. The number of aryl methyl sites for hydroxylation is 1. The van der Waals surface area contributed by atoms with Crippen LogP contribution in [0.15, 0.2) is 35.7 Å². The molecule has 0 fully saturated rings. The van der Waals surface area contributed by atoms with Gasteiger partial charge in [0.05, 0.1) is 22.1 Å². The Morgan fingerprint density at radius 2 is 2.10 bits per heavy atom. The number of nitro groups is 1. The third kappa shape index (κ3) is 4.22. The summed E-state index contributed by atoms with van der Waals surface area (Å²) in [7, 11) is 0. The molecule has 0 saturated carbocycles. The number of ether oxygens (including phenoxy) is 2. The van der Waals surface area contributed by atoms with E-state index >= 15 is 0 Å². The van der Waals surface area contributed by atoms with Crippen molar-refractivity contribution in [2.24, 2.45) is 0 Å². The van der Waals surface area contributed by atoms with Crippen molar-refractivity contribution in [2.45, 2.75) is 13.3 Å². The molecule has 10 heteroatoms. The van der Waals surface area contributed by atoms with Gasteiger partial charge in [0.2, 0.25) is 5.91 Å². The van der Waals surface area contributed by atoms with Crippen LogP contribution >= 0.6 is 22.9 Å². The number of benzene rings is 2. The lowest BCUT2D eigenvalue weighted by Crippen LogP contribution is -2.17. The first kappa shape index (κ1) is 20.1. The molecule has 1 N–H and O–H groups in total. The zero-order valence-electron chi connectivity index (χ0n) is 15.8. The van der Waals surface area contributed by atoms with E-state index in [0.717, 1.165) is 0 Å². The molecule has 30 heavy (non-hydrogen) atoms. The Morgan fingerprint density at radius 1 is 1.30 bits per heavy atom. The van der Waals surface area contributed by atoms with Crippen molar-refractivity contribution in [3.63, 3.8) is 0 Å². The molecule has 0 aliphatic carbocycles. The molecule has 0 atom stereocenters. The van der Waals surface area contributed by atoms with E-state index in [1.54, 1.807) is 36.6 Å². The summed E-state index contributed by atoms with van der Waals surface area (Å²) in [6, 6.07) is 8.33. The average Bonchev–Trinajstić information content (AvgIpc) is 3.16. The van der Waals surface area contributed by atoms with Gasteiger partial charge in [0.1, 0.15) is 13.2 Å². The van der Waals surface area contributed by atoms with Gasteiger partial charge in [-0.25, -0.2) is 4.98 Å². The van der Waals surface area contributed by atoms with Gasteiger partial charge in [0.15, 0.2) is 16.6 Å². The van der Waals surface area contributed by atoms with Gasteiger partial charge in [0, 0.05) is 22.6 Å². The largest absolute Gasteiger partial charge is 0.486 e. The van der Waals surface area contributed by atoms with E-state index in [4.69, 9.17) is 21.1 Å². The zero-order chi connectivity index (χ0) is 21.3. The van der Waals surface area contributed by atoms with Crippen LogP contribution in [0.2, 0.25) is 5.02 Å². The van der Waals surface area contributed by atoms with E-state index < -0.39 is 4.92 Å². The molecule has 2 aromatic carbocycles. The Balaban J connectivity index is 1.47. The van der Waals surface area contributed by atoms with Gasteiger partial charge in [0.25, 0.3) is 5.69 Å². The molecule has 1 aliphatic rings. The highest BCUT2D eigenvalue weighted by Crippen LogP contribution is 2.38. The van der Waals surface area contributed by atoms with E-state index in [-0.39, 0.29) is 18.0 Å². The van der Waals surface area contributed by atoms with Crippen LogP contribution in [-0.2, 0) is 11.2 Å². The maximum Gasteiger partial charge on any atom is 0.272 e. The number of rotatable bonds is 5. The smallest absolute Gasteiger partial charge is 0.272 e.